The molecule has 0 radical (unpaired) electrons. The molecule has 2 N–H and O–H groups in total. The van der Waals surface area contributed by atoms with Crippen LogP contribution in [0.15, 0.2) is 24.3 Å². The second-order valence-electron chi connectivity index (χ2n) is 4.72. The third-order valence-electron chi connectivity index (χ3n) is 3.60. The fraction of sp³-hybridized carbons (Fsp3) is 0.571. The highest BCUT2D eigenvalue weighted by Gasteiger charge is 2.19. The largest absolute Gasteiger partial charge is 0.326 e. The van der Waals surface area contributed by atoms with Crippen LogP contribution in [0.4, 0.5) is 0 Å². The van der Waals surface area contributed by atoms with E-state index in [1.165, 1.54) is 30.4 Å². The van der Waals surface area contributed by atoms with Gasteiger partial charge in [0.15, 0.2) is 0 Å². The standard InChI is InChI=1S/C14H23N/c1-4-14(3,5-2)10-12-6-8-13(11-15)9-7-12/h6-9H,4-5,10-11,15H2,1-3H3. The number of hydrogen-bond acceptors (Lipinski definition) is 1. The molecule has 0 heterocycles. The maximum atomic E-state index is 5.58. The van der Waals surface area contributed by atoms with E-state index < -0.39 is 0 Å². The number of nitrogens with two attached hydrogens (primary N) is 1. The van der Waals surface area contributed by atoms with Crippen LogP contribution in [0.3, 0.4) is 0 Å². The molecule has 0 amide bonds. The first-order valence-corrected chi connectivity index (χ1v) is 5.91. The number of hydrogen-bond donors (Lipinski definition) is 1. The summed E-state index contributed by atoms with van der Waals surface area (Å²) >= 11 is 0. The Labute approximate surface area is 93.7 Å². The summed E-state index contributed by atoms with van der Waals surface area (Å²) in [5.41, 5.74) is 8.67. The van der Waals surface area contributed by atoms with Gasteiger partial charge in [-0.1, -0.05) is 57.9 Å². The van der Waals surface area contributed by atoms with Crippen molar-refractivity contribution in [1.29, 1.82) is 0 Å². The van der Waals surface area contributed by atoms with Crippen LogP contribution in [0.25, 0.3) is 0 Å². The van der Waals surface area contributed by atoms with Crippen LogP contribution in [0.2, 0.25) is 0 Å². The van der Waals surface area contributed by atoms with E-state index in [4.69, 9.17) is 5.73 Å². The number of rotatable bonds is 5. The van der Waals surface area contributed by atoms with Gasteiger partial charge in [-0.15, -0.1) is 0 Å². The average molecular weight is 205 g/mol. The molecule has 1 aromatic carbocycles. The van der Waals surface area contributed by atoms with Crippen LogP contribution in [0.1, 0.15) is 44.7 Å². The predicted octanol–water partition coefficient (Wildman–Crippen LogP) is 3.51. The van der Waals surface area contributed by atoms with Crippen molar-refractivity contribution >= 4 is 0 Å². The van der Waals surface area contributed by atoms with E-state index in [0.29, 0.717) is 12.0 Å². The van der Waals surface area contributed by atoms with Crippen LogP contribution in [0.5, 0.6) is 0 Å². The molecule has 0 fully saturated rings. The zero-order valence-electron chi connectivity index (χ0n) is 10.2. The lowest BCUT2D eigenvalue weighted by atomic mass is 9.79. The molecule has 0 aliphatic heterocycles. The zero-order valence-corrected chi connectivity index (χ0v) is 10.2. The molecule has 1 heteroatoms. The van der Waals surface area contributed by atoms with Crippen LogP contribution in [-0.2, 0) is 13.0 Å². The van der Waals surface area contributed by atoms with Crippen LogP contribution in [0, 0.1) is 5.41 Å². The van der Waals surface area contributed by atoms with E-state index in [1.807, 2.05) is 0 Å². The van der Waals surface area contributed by atoms with E-state index in [9.17, 15) is 0 Å². The highest BCUT2D eigenvalue weighted by Crippen LogP contribution is 2.29. The second-order valence-corrected chi connectivity index (χ2v) is 4.72. The second kappa shape index (κ2) is 5.32. The summed E-state index contributed by atoms with van der Waals surface area (Å²) in [6.07, 6.45) is 3.65. The van der Waals surface area contributed by atoms with Gasteiger partial charge < -0.3 is 5.73 Å². The van der Waals surface area contributed by atoms with Crippen molar-refractivity contribution in [2.45, 2.75) is 46.6 Å². The minimum absolute atomic E-state index is 0.449. The quantitative estimate of drug-likeness (QED) is 0.782. The van der Waals surface area contributed by atoms with Gasteiger partial charge in [-0.2, -0.15) is 0 Å². The lowest BCUT2D eigenvalue weighted by Gasteiger charge is -2.26. The van der Waals surface area contributed by atoms with Crippen molar-refractivity contribution in [3.05, 3.63) is 35.4 Å². The number of benzene rings is 1. The molecule has 0 bridgehead atoms. The van der Waals surface area contributed by atoms with E-state index in [2.05, 4.69) is 45.0 Å². The van der Waals surface area contributed by atoms with E-state index in [-0.39, 0.29) is 0 Å². The molecule has 1 aromatic rings. The lowest BCUT2D eigenvalue weighted by molar-refractivity contribution is 0.296. The highest BCUT2D eigenvalue weighted by molar-refractivity contribution is 5.23. The Morgan fingerprint density at radius 1 is 1.00 bits per heavy atom. The topological polar surface area (TPSA) is 26.0 Å². The van der Waals surface area contributed by atoms with Gasteiger partial charge in [-0.3, -0.25) is 0 Å². The monoisotopic (exact) mass is 205 g/mol. The van der Waals surface area contributed by atoms with Gasteiger partial charge in [0, 0.05) is 6.54 Å². The maximum Gasteiger partial charge on any atom is 0.0178 e. The Kier molecular flexibility index (Phi) is 4.34. The van der Waals surface area contributed by atoms with Crippen molar-refractivity contribution < 1.29 is 0 Å². The third kappa shape index (κ3) is 3.35. The van der Waals surface area contributed by atoms with Gasteiger partial charge in [-0.25, -0.2) is 0 Å². The van der Waals surface area contributed by atoms with Gasteiger partial charge in [0.2, 0.25) is 0 Å². The maximum absolute atomic E-state index is 5.58. The molecule has 0 saturated carbocycles. The molecule has 84 valence electrons. The summed E-state index contributed by atoms with van der Waals surface area (Å²) in [5.74, 6) is 0. The van der Waals surface area contributed by atoms with Gasteiger partial charge >= 0.3 is 0 Å². The Balaban J connectivity index is 2.71. The first-order valence-electron chi connectivity index (χ1n) is 5.91. The van der Waals surface area contributed by atoms with Gasteiger partial charge in [0.05, 0.1) is 0 Å². The van der Waals surface area contributed by atoms with Crippen molar-refractivity contribution in [1.82, 2.24) is 0 Å². The molecule has 0 atom stereocenters. The SMILES string of the molecule is CCC(C)(CC)Cc1ccc(CN)cc1. The highest BCUT2D eigenvalue weighted by atomic mass is 14.5. The molecular formula is C14H23N. The fourth-order valence-electron chi connectivity index (χ4n) is 1.79. The van der Waals surface area contributed by atoms with Crippen LogP contribution < -0.4 is 5.73 Å². The minimum atomic E-state index is 0.449. The molecule has 0 unspecified atom stereocenters. The normalized spacial score (nSPS) is 11.7. The molecule has 1 nitrogen and oxygen atoms in total. The first-order chi connectivity index (χ1) is 7.13. The molecule has 0 aliphatic carbocycles. The molecule has 15 heavy (non-hydrogen) atoms. The van der Waals surface area contributed by atoms with Crippen molar-refractivity contribution in [2.24, 2.45) is 11.1 Å². The fourth-order valence-corrected chi connectivity index (χ4v) is 1.79. The Morgan fingerprint density at radius 3 is 1.87 bits per heavy atom. The molecular weight excluding hydrogens is 182 g/mol. The summed E-state index contributed by atoms with van der Waals surface area (Å²) in [6.45, 7) is 7.55. The molecule has 0 spiro atoms. The first kappa shape index (κ1) is 12.3. The molecule has 1 rings (SSSR count). The van der Waals surface area contributed by atoms with E-state index in [1.54, 1.807) is 0 Å². The Bertz CT molecular complexity index is 283. The predicted molar refractivity (Wildman–Crippen MR) is 66.7 cm³/mol. The summed E-state index contributed by atoms with van der Waals surface area (Å²) in [6, 6.07) is 8.71. The summed E-state index contributed by atoms with van der Waals surface area (Å²) in [4.78, 5) is 0. The summed E-state index contributed by atoms with van der Waals surface area (Å²) < 4.78 is 0. The Morgan fingerprint density at radius 2 is 1.47 bits per heavy atom. The summed E-state index contributed by atoms with van der Waals surface area (Å²) in [7, 11) is 0. The molecule has 0 aliphatic rings. The van der Waals surface area contributed by atoms with Gasteiger partial charge in [0.25, 0.3) is 0 Å². The summed E-state index contributed by atoms with van der Waals surface area (Å²) in [5, 5.41) is 0. The minimum Gasteiger partial charge on any atom is -0.326 e. The smallest absolute Gasteiger partial charge is 0.0178 e. The Hall–Kier alpha value is -0.820. The van der Waals surface area contributed by atoms with Gasteiger partial charge in [-0.05, 0) is 23.0 Å². The average Bonchev–Trinajstić information content (AvgIpc) is 2.30. The molecule has 0 saturated heterocycles. The van der Waals surface area contributed by atoms with Crippen LogP contribution >= 0.6 is 0 Å². The lowest BCUT2D eigenvalue weighted by Crippen LogP contribution is -2.17. The van der Waals surface area contributed by atoms with Crippen LogP contribution in [-0.4, -0.2) is 0 Å². The third-order valence-corrected chi connectivity index (χ3v) is 3.60. The van der Waals surface area contributed by atoms with Crippen molar-refractivity contribution in [3.63, 3.8) is 0 Å². The van der Waals surface area contributed by atoms with Crippen molar-refractivity contribution in [2.75, 3.05) is 0 Å². The van der Waals surface area contributed by atoms with E-state index in [0.717, 1.165) is 0 Å². The van der Waals surface area contributed by atoms with Crippen molar-refractivity contribution in [3.8, 4) is 0 Å². The van der Waals surface area contributed by atoms with E-state index >= 15 is 0 Å². The zero-order chi connectivity index (χ0) is 11.3. The van der Waals surface area contributed by atoms with Gasteiger partial charge in [0.1, 0.15) is 0 Å². The molecule has 0 aromatic heterocycles.